The summed E-state index contributed by atoms with van der Waals surface area (Å²) < 4.78 is 64.8. The van der Waals surface area contributed by atoms with Crippen LogP contribution in [0.2, 0.25) is 0 Å². The standard InChI is InChI=1S/C12H10F4N2O2S/c1-3-21(20)18-7(2)9-6-8(4-5-10(9)13)17-11(19)12(14,15)16/h3-6H,1H2,2H3,(H,17,19). The van der Waals surface area contributed by atoms with Crippen LogP contribution in [0.3, 0.4) is 0 Å². The van der Waals surface area contributed by atoms with E-state index in [4.69, 9.17) is 0 Å². The lowest BCUT2D eigenvalue weighted by Gasteiger charge is -2.10. The molecular weight excluding hydrogens is 312 g/mol. The minimum atomic E-state index is -5.05. The third-order valence-corrected chi connectivity index (χ3v) is 2.98. The predicted octanol–water partition coefficient (Wildman–Crippen LogP) is 2.94. The van der Waals surface area contributed by atoms with Gasteiger partial charge in [-0.2, -0.15) is 13.2 Å². The van der Waals surface area contributed by atoms with Crippen molar-refractivity contribution in [2.45, 2.75) is 13.1 Å². The van der Waals surface area contributed by atoms with Gasteiger partial charge in [0.05, 0.1) is 5.71 Å². The van der Waals surface area contributed by atoms with Gasteiger partial charge in [-0.25, -0.2) is 4.39 Å². The number of amides is 1. The zero-order chi connectivity index (χ0) is 16.2. The van der Waals surface area contributed by atoms with E-state index in [1.165, 1.54) is 6.92 Å². The zero-order valence-corrected chi connectivity index (χ0v) is 11.5. The molecule has 0 heterocycles. The van der Waals surface area contributed by atoms with Gasteiger partial charge in [-0.3, -0.25) is 4.79 Å². The van der Waals surface area contributed by atoms with Crippen molar-refractivity contribution in [3.63, 3.8) is 0 Å². The van der Waals surface area contributed by atoms with Gasteiger partial charge in [0.15, 0.2) is 0 Å². The molecule has 0 saturated carbocycles. The first kappa shape index (κ1) is 17.2. The summed E-state index contributed by atoms with van der Waals surface area (Å²) in [6.07, 6.45) is -5.05. The summed E-state index contributed by atoms with van der Waals surface area (Å²) >= 11 is -1.78. The number of hydrogen-bond donors (Lipinski definition) is 1. The second-order valence-electron chi connectivity index (χ2n) is 3.77. The zero-order valence-electron chi connectivity index (χ0n) is 10.7. The number of carbonyl (C=O) groups is 1. The molecule has 4 nitrogen and oxygen atoms in total. The van der Waals surface area contributed by atoms with Crippen LogP contribution in [-0.2, 0) is 16.2 Å². The van der Waals surface area contributed by atoms with Crippen LogP contribution in [0.15, 0.2) is 34.6 Å². The van der Waals surface area contributed by atoms with E-state index >= 15 is 0 Å². The number of nitrogens with one attached hydrogen (secondary N) is 1. The second kappa shape index (κ2) is 6.72. The number of benzene rings is 1. The summed E-state index contributed by atoms with van der Waals surface area (Å²) in [5.41, 5.74) is -0.438. The van der Waals surface area contributed by atoms with Crippen LogP contribution in [0, 0.1) is 5.82 Å². The summed E-state index contributed by atoms with van der Waals surface area (Å²) in [5.74, 6) is -2.95. The van der Waals surface area contributed by atoms with E-state index in [2.05, 4.69) is 11.0 Å². The van der Waals surface area contributed by atoms with Crippen molar-refractivity contribution in [2.24, 2.45) is 4.40 Å². The Morgan fingerprint density at radius 3 is 2.62 bits per heavy atom. The Labute approximate surface area is 120 Å². The van der Waals surface area contributed by atoms with Gasteiger partial charge >= 0.3 is 12.1 Å². The third-order valence-electron chi connectivity index (χ3n) is 2.24. The average Bonchev–Trinajstić information content (AvgIpc) is 2.39. The molecule has 0 spiro atoms. The fourth-order valence-corrected chi connectivity index (χ4v) is 1.75. The summed E-state index contributed by atoms with van der Waals surface area (Å²) in [6, 6.07) is 2.81. The largest absolute Gasteiger partial charge is 0.587 e. The summed E-state index contributed by atoms with van der Waals surface area (Å²) in [7, 11) is 0. The first-order valence-electron chi connectivity index (χ1n) is 5.41. The molecule has 0 fully saturated rings. The molecule has 0 saturated heterocycles. The number of rotatable bonds is 4. The van der Waals surface area contributed by atoms with Crippen molar-refractivity contribution in [3.05, 3.63) is 41.6 Å². The SMILES string of the molecule is C=C[S+]([O-])N=C(C)c1cc(NC(=O)C(F)(F)F)ccc1F. The molecule has 0 aromatic heterocycles. The fourth-order valence-electron chi connectivity index (χ4n) is 1.30. The van der Waals surface area contributed by atoms with Crippen LogP contribution in [0.5, 0.6) is 0 Å². The summed E-state index contributed by atoms with van der Waals surface area (Å²) in [6.45, 7) is 4.56. The lowest BCUT2D eigenvalue weighted by atomic mass is 10.1. The smallest absolute Gasteiger partial charge is 0.471 e. The van der Waals surface area contributed by atoms with Crippen molar-refractivity contribution in [3.8, 4) is 0 Å². The molecule has 1 amide bonds. The van der Waals surface area contributed by atoms with Gasteiger partial charge in [0.25, 0.3) is 0 Å². The Kier molecular flexibility index (Phi) is 5.50. The predicted molar refractivity (Wildman–Crippen MR) is 71.6 cm³/mol. The number of hydrogen-bond acceptors (Lipinski definition) is 3. The Morgan fingerprint density at radius 1 is 1.48 bits per heavy atom. The van der Waals surface area contributed by atoms with Crippen LogP contribution in [0.1, 0.15) is 12.5 Å². The van der Waals surface area contributed by atoms with Gasteiger partial charge in [-0.05, 0) is 31.7 Å². The highest BCUT2D eigenvalue weighted by atomic mass is 32.2. The van der Waals surface area contributed by atoms with E-state index in [1.807, 2.05) is 0 Å². The van der Waals surface area contributed by atoms with E-state index < -0.39 is 29.3 Å². The minimum absolute atomic E-state index is 0.00570. The molecule has 1 N–H and O–H groups in total. The van der Waals surface area contributed by atoms with Crippen LogP contribution in [-0.4, -0.2) is 22.3 Å². The maximum Gasteiger partial charge on any atom is 0.471 e. The molecule has 1 unspecified atom stereocenters. The number of alkyl halides is 3. The van der Waals surface area contributed by atoms with Crippen molar-refractivity contribution in [2.75, 3.05) is 5.32 Å². The third kappa shape index (κ3) is 4.87. The monoisotopic (exact) mass is 322 g/mol. The highest BCUT2D eigenvalue weighted by Crippen LogP contribution is 2.21. The molecule has 0 aliphatic carbocycles. The lowest BCUT2D eigenvalue weighted by Crippen LogP contribution is -2.30. The molecule has 1 aromatic rings. The normalized spacial score (nSPS) is 13.7. The van der Waals surface area contributed by atoms with E-state index in [-0.39, 0.29) is 17.0 Å². The highest BCUT2D eigenvalue weighted by molar-refractivity contribution is 7.93. The Balaban J connectivity index is 3.08. The van der Waals surface area contributed by atoms with Gasteiger partial charge in [0.1, 0.15) is 22.6 Å². The van der Waals surface area contributed by atoms with Gasteiger partial charge in [0.2, 0.25) is 0 Å². The Morgan fingerprint density at radius 2 is 2.10 bits per heavy atom. The molecular formula is C12H10F4N2O2S. The van der Waals surface area contributed by atoms with Crippen molar-refractivity contribution in [1.29, 1.82) is 0 Å². The van der Waals surface area contributed by atoms with Crippen molar-refractivity contribution < 1.29 is 26.9 Å². The first-order chi connectivity index (χ1) is 9.65. The van der Waals surface area contributed by atoms with Crippen LogP contribution >= 0.6 is 0 Å². The van der Waals surface area contributed by atoms with Crippen molar-refractivity contribution >= 4 is 28.7 Å². The van der Waals surface area contributed by atoms with E-state index in [1.54, 1.807) is 5.32 Å². The average molecular weight is 322 g/mol. The molecule has 1 atom stereocenters. The second-order valence-corrected chi connectivity index (χ2v) is 4.83. The molecule has 0 bridgehead atoms. The molecule has 0 radical (unpaired) electrons. The van der Waals surface area contributed by atoms with Gasteiger partial charge in [-0.15, -0.1) is 0 Å². The number of nitrogens with zero attached hydrogens (tertiary/aromatic N) is 1. The quantitative estimate of drug-likeness (QED) is 0.526. The maximum absolute atomic E-state index is 13.6. The number of halogens is 4. The molecule has 0 aliphatic heterocycles. The van der Waals surface area contributed by atoms with Gasteiger partial charge in [0, 0.05) is 11.3 Å². The van der Waals surface area contributed by atoms with E-state index in [0.29, 0.717) is 0 Å². The number of carbonyl (C=O) groups excluding carboxylic acids is 1. The molecule has 0 aliphatic rings. The van der Waals surface area contributed by atoms with Gasteiger partial charge in [-0.1, -0.05) is 4.40 Å². The molecule has 1 aromatic carbocycles. The van der Waals surface area contributed by atoms with Gasteiger partial charge < -0.3 is 9.87 Å². The summed E-state index contributed by atoms with van der Waals surface area (Å²) in [5, 5.41) is 2.60. The van der Waals surface area contributed by atoms with Crippen molar-refractivity contribution in [1.82, 2.24) is 0 Å². The van der Waals surface area contributed by atoms with E-state index in [0.717, 1.165) is 23.6 Å². The highest BCUT2D eigenvalue weighted by Gasteiger charge is 2.38. The molecule has 21 heavy (non-hydrogen) atoms. The van der Waals surface area contributed by atoms with Crippen LogP contribution in [0.4, 0.5) is 23.2 Å². The molecule has 1 rings (SSSR count). The topological polar surface area (TPSA) is 64.5 Å². The number of anilines is 1. The first-order valence-corrected chi connectivity index (χ1v) is 6.58. The minimum Gasteiger partial charge on any atom is -0.587 e. The fraction of sp³-hybridized carbons (Fsp3) is 0.167. The molecule has 9 heteroatoms. The lowest BCUT2D eigenvalue weighted by molar-refractivity contribution is -0.167. The Hall–Kier alpha value is -1.87. The van der Waals surface area contributed by atoms with E-state index in [9.17, 15) is 26.9 Å². The molecule has 114 valence electrons. The Bertz CT molecular complexity index is 587. The summed E-state index contributed by atoms with van der Waals surface area (Å²) in [4.78, 5) is 10.8. The van der Waals surface area contributed by atoms with Crippen LogP contribution < -0.4 is 5.32 Å². The maximum atomic E-state index is 13.6. The van der Waals surface area contributed by atoms with Crippen LogP contribution in [0.25, 0.3) is 0 Å².